The van der Waals surface area contributed by atoms with E-state index in [-0.39, 0.29) is 6.09 Å². The van der Waals surface area contributed by atoms with Gasteiger partial charge in [0.1, 0.15) is 5.60 Å². The standard InChI is InChI=1S/C19H28N2O2/c1-19(2,3)23-18(22)21-10-6-9-16(13-21)20-17-11-14-7-4-5-8-15(14)12-17/h4-5,7-8,16-17,20H,6,9-13H2,1-3H3. The fraction of sp³-hybridized carbons (Fsp3) is 0.632. The number of likely N-dealkylation sites (tertiary alicyclic amines) is 1. The smallest absolute Gasteiger partial charge is 0.410 e. The third-order valence-corrected chi connectivity index (χ3v) is 4.60. The summed E-state index contributed by atoms with van der Waals surface area (Å²) in [5.74, 6) is 0. The van der Waals surface area contributed by atoms with Gasteiger partial charge in [0.15, 0.2) is 0 Å². The summed E-state index contributed by atoms with van der Waals surface area (Å²) < 4.78 is 5.51. The van der Waals surface area contributed by atoms with Gasteiger partial charge in [-0.2, -0.15) is 0 Å². The van der Waals surface area contributed by atoms with E-state index in [1.807, 2.05) is 25.7 Å². The van der Waals surface area contributed by atoms with Gasteiger partial charge in [-0.05, 0) is 57.6 Å². The number of nitrogens with one attached hydrogen (secondary N) is 1. The van der Waals surface area contributed by atoms with Gasteiger partial charge in [-0.1, -0.05) is 24.3 Å². The van der Waals surface area contributed by atoms with Gasteiger partial charge in [0.25, 0.3) is 0 Å². The van der Waals surface area contributed by atoms with Crippen LogP contribution in [0.3, 0.4) is 0 Å². The molecule has 0 spiro atoms. The first-order valence-electron chi connectivity index (χ1n) is 8.71. The van der Waals surface area contributed by atoms with E-state index in [4.69, 9.17) is 4.74 Å². The second-order valence-corrected chi connectivity index (χ2v) is 7.81. The molecule has 23 heavy (non-hydrogen) atoms. The van der Waals surface area contributed by atoms with Gasteiger partial charge in [-0.25, -0.2) is 4.79 Å². The number of fused-ring (bicyclic) bond motifs is 1. The zero-order valence-electron chi connectivity index (χ0n) is 14.5. The molecule has 1 heterocycles. The van der Waals surface area contributed by atoms with E-state index in [9.17, 15) is 4.79 Å². The Balaban J connectivity index is 1.53. The van der Waals surface area contributed by atoms with Crippen LogP contribution in [-0.4, -0.2) is 41.8 Å². The fourth-order valence-corrected chi connectivity index (χ4v) is 3.62. The maximum Gasteiger partial charge on any atom is 0.410 e. The van der Waals surface area contributed by atoms with E-state index in [0.717, 1.165) is 38.8 Å². The van der Waals surface area contributed by atoms with Crippen LogP contribution in [0.5, 0.6) is 0 Å². The van der Waals surface area contributed by atoms with E-state index >= 15 is 0 Å². The summed E-state index contributed by atoms with van der Waals surface area (Å²) in [6, 6.07) is 9.56. The van der Waals surface area contributed by atoms with Crippen LogP contribution >= 0.6 is 0 Å². The van der Waals surface area contributed by atoms with Crippen molar-refractivity contribution in [2.24, 2.45) is 0 Å². The number of carbonyl (C=O) groups is 1. The van der Waals surface area contributed by atoms with Gasteiger partial charge < -0.3 is 15.0 Å². The quantitative estimate of drug-likeness (QED) is 0.911. The van der Waals surface area contributed by atoms with Crippen molar-refractivity contribution in [1.82, 2.24) is 10.2 Å². The third kappa shape index (κ3) is 4.25. The number of hydrogen-bond acceptors (Lipinski definition) is 3. The number of nitrogens with zero attached hydrogens (tertiary/aromatic N) is 1. The van der Waals surface area contributed by atoms with Crippen molar-refractivity contribution in [1.29, 1.82) is 0 Å². The number of benzene rings is 1. The van der Waals surface area contributed by atoms with Crippen LogP contribution in [0, 0.1) is 0 Å². The van der Waals surface area contributed by atoms with Crippen LogP contribution in [0.15, 0.2) is 24.3 Å². The first kappa shape index (κ1) is 16.3. The lowest BCUT2D eigenvalue weighted by Crippen LogP contribution is -2.51. The highest BCUT2D eigenvalue weighted by Gasteiger charge is 2.30. The molecule has 1 amide bonds. The molecule has 1 fully saturated rings. The second-order valence-electron chi connectivity index (χ2n) is 7.81. The first-order chi connectivity index (χ1) is 10.9. The molecular formula is C19H28N2O2. The SMILES string of the molecule is CC(C)(C)OC(=O)N1CCCC(NC2Cc3ccccc3C2)C1. The molecule has 4 nitrogen and oxygen atoms in total. The molecule has 1 aromatic rings. The van der Waals surface area contributed by atoms with Gasteiger partial charge >= 0.3 is 6.09 Å². The molecular weight excluding hydrogens is 288 g/mol. The van der Waals surface area contributed by atoms with E-state index in [0.29, 0.717) is 12.1 Å². The minimum atomic E-state index is -0.426. The Morgan fingerprint density at radius 3 is 2.43 bits per heavy atom. The topological polar surface area (TPSA) is 41.6 Å². The minimum absolute atomic E-state index is 0.182. The summed E-state index contributed by atoms with van der Waals surface area (Å²) >= 11 is 0. The molecule has 2 aliphatic rings. The Hall–Kier alpha value is -1.55. The van der Waals surface area contributed by atoms with Crippen molar-refractivity contribution >= 4 is 6.09 Å². The molecule has 3 rings (SSSR count). The Bertz CT molecular complexity index is 540. The molecule has 0 bridgehead atoms. The number of carbonyl (C=O) groups excluding carboxylic acids is 1. The van der Waals surface area contributed by atoms with Crippen LogP contribution < -0.4 is 5.32 Å². The monoisotopic (exact) mass is 316 g/mol. The van der Waals surface area contributed by atoms with Crippen molar-refractivity contribution in [2.45, 2.75) is 64.1 Å². The first-order valence-corrected chi connectivity index (χ1v) is 8.71. The van der Waals surface area contributed by atoms with Gasteiger partial charge in [-0.3, -0.25) is 0 Å². The summed E-state index contributed by atoms with van der Waals surface area (Å²) in [4.78, 5) is 14.1. The number of hydrogen-bond donors (Lipinski definition) is 1. The zero-order valence-corrected chi connectivity index (χ0v) is 14.5. The largest absolute Gasteiger partial charge is 0.444 e. The van der Waals surface area contributed by atoms with Crippen molar-refractivity contribution in [3.63, 3.8) is 0 Å². The molecule has 1 N–H and O–H groups in total. The maximum atomic E-state index is 12.3. The maximum absolute atomic E-state index is 12.3. The van der Waals surface area contributed by atoms with Crippen molar-refractivity contribution < 1.29 is 9.53 Å². The Morgan fingerprint density at radius 1 is 1.17 bits per heavy atom. The number of amides is 1. The van der Waals surface area contributed by atoms with Gasteiger partial charge in [0.05, 0.1) is 0 Å². The molecule has 1 atom stereocenters. The van der Waals surface area contributed by atoms with E-state index in [2.05, 4.69) is 29.6 Å². The Labute approximate surface area is 139 Å². The van der Waals surface area contributed by atoms with Crippen LogP contribution in [-0.2, 0) is 17.6 Å². The lowest BCUT2D eigenvalue weighted by molar-refractivity contribution is 0.0183. The zero-order chi connectivity index (χ0) is 16.4. The number of piperidine rings is 1. The Morgan fingerprint density at radius 2 is 1.83 bits per heavy atom. The van der Waals surface area contributed by atoms with Crippen LogP contribution in [0.1, 0.15) is 44.7 Å². The average Bonchev–Trinajstić information content (AvgIpc) is 2.88. The lowest BCUT2D eigenvalue weighted by Gasteiger charge is -2.35. The number of ether oxygens (including phenoxy) is 1. The normalized spacial score (nSPS) is 22.0. The summed E-state index contributed by atoms with van der Waals surface area (Å²) in [5, 5.41) is 3.76. The van der Waals surface area contributed by atoms with Crippen molar-refractivity contribution in [3.05, 3.63) is 35.4 Å². The average molecular weight is 316 g/mol. The van der Waals surface area contributed by atoms with Crippen molar-refractivity contribution in [3.8, 4) is 0 Å². The highest BCUT2D eigenvalue weighted by Crippen LogP contribution is 2.23. The van der Waals surface area contributed by atoms with Crippen LogP contribution in [0.2, 0.25) is 0 Å². The van der Waals surface area contributed by atoms with Crippen LogP contribution in [0.4, 0.5) is 4.79 Å². The molecule has 0 saturated carbocycles. The third-order valence-electron chi connectivity index (χ3n) is 4.60. The molecule has 4 heteroatoms. The van der Waals surface area contributed by atoms with Gasteiger partial charge in [0, 0.05) is 25.2 Å². The molecule has 1 saturated heterocycles. The predicted octanol–water partition coefficient (Wildman–Crippen LogP) is 3.14. The second kappa shape index (κ2) is 6.52. The summed E-state index contributed by atoms with van der Waals surface area (Å²) in [7, 11) is 0. The van der Waals surface area contributed by atoms with Gasteiger partial charge in [0.2, 0.25) is 0 Å². The predicted molar refractivity (Wildman–Crippen MR) is 91.6 cm³/mol. The highest BCUT2D eigenvalue weighted by molar-refractivity contribution is 5.68. The molecule has 126 valence electrons. The summed E-state index contributed by atoms with van der Waals surface area (Å²) in [5.41, 5.74) is 2.50. The number of rotatable bonds is 2. The Kier molecular flexibility index (Phi) is 4.62. The molecule has 0 aromatic heterocycles. The van der Waals surface area contributed by atoms with E-state index in [1.54, 1.807) is 0 Å². The van der Waals surface area contributed by atoms with Gasteiger partial charge in [-0.15, -0.1) is 0 Å². The fourth-order valence-electron chi connectivity index (χ4n) is 3.62. The van der Waals surface area contributed by atoms with Crippen LogP contribution in [0.25, 0.3) is 0 Å². The molecule has 1 unspecified atom stereocenters. The summed E-state index contributed by atoms with van der Waals surface area (Å²) in [6.45, 7) is 7.31. The minimum Gasteiger partial charge on any atom is -0.444 e. The highest BCUT2D eigenvalue weighted by atomic mass is 16.6. The summed E-state index contributed by atoms with van der Waals surface area (Å²) in [6.07, 6.45) is 4.18. The molecule has 1 aliphatic carbocycles. The molecule has 1 aliphatic heterocycles. The molecule has 1 aromatic carbocycles. The van der Waals surface area contributed by atoms with Crippen molar-refractivity contribution in [2.75, 3.05) is 13.1 Å². The van der Waals surface area contributed by atoms with E-state index in [1.165, 1.54) is 11.1 Å². The lowest BCUT2D eigenvalue weighted by atomic mass is 10.0. The van der Waals surface area contributed by atoms with E-state index < -0.39 is 5.60 Å². The molecule has 0 radical (unpaired) electrons.